The van der Waals surface area contributed by atoms with Gasteiger partial charge in [0.15, 0.2) is 0 Å². The van der Waals surface area contributed by atoms with Crippen molar-refractivity contribution in [3.8, 4) is 0 Å². The van der Waals surface area contributed by atoms with Crippen LogP contribution in [-0.2, 0) is 4.79 Å². The molecule has 0 aromatic heterocycles. The first-order chi connectivity index (χ1) is 13.9. The van der Waals surface area contributed by atoms with Crippen molar-refractivity contribution in [2.75, 3.05) is 4.90 Å². The van der Waals surface area contributed by atoms with E-state index in [4.69, 9.17) is 0 Å². The predicted octanol–water partition coefficient (Wildman–Crippen LogP) is 4.14. The molecule has 29 heavy (non-hydrogen) atoms. The van der Waals surface area contributed by atoms with E-state index in [9.17, 15) is 14.7 Å². The van der Waals surface area contributed by atoms with Crippen molar-refractivity contribution in [1.82, 2.24) is 5.32 Å². The van der Waals surface area contributed by atoms with Crippen LogP contribution in [0.5, 0.6) is 0 Å². The van der Waals surface area contributed by atoms with Crippen molar-refractivity contribution in [2.24, 2.45) is 0 Å². The first-order valence-corrected chi connectivity index (χ1v) is 10.4. The molecule has 2 amide bonds. The average molecular weight is 395 g/mol. The average Bonchev–Trinajstić information content (AvgIpc) is 2.72. The molecule has 154 valence electrons. The Morgan fingerprint density at radius 2 is 1.83 bits per heavy atom. The molecule has 0 radical (unpaired) electrons. The number of carbonyl (C=O) groups is 2. The van der Waals surface area contributed by atoms with Gasteiger partial charge in [-0.25, -0.2) is 0 Å². The van der Waals surface area contributed by atoms with Gasteiger partial charge in [-0.15, -0.1) is 0 Å². The van der Waals surface area contributed by atoms with Gasteiger partial charge in [0.25, 0.3) is 5.91 Å². The maximum absolute atomic E-state index is 13.2. The lowest BCUT2D eigenvalue weighted by atomic mass is 9.87. The van der Waals surface area contributed by atoms with Gasteiger partial charge < -0.3 is 15.3 Å². The Morgan fingerprint density at radius 3 is 2.52 bits per heavy atom. The summed E-state index contributed by atoms with van der Waals surface area (Å²) in [5.41, 5.74) is 3.10. The molecule has 0 saturated heterocycles. The summed E-state index contributed by atoms with van der Waals surface area (Å²) >= 11 is 0. The van der Waals surface area contributed by atoms with E-state index in [0.717, 1.165) is 36.1 Å². The van der Waals surface area contributed by atoms with Crippen LogP contribution in [-0.4, -0.2) is 29.1 Å². The van der Waals surface area contributed by atoms with Gasteiger partial charge in [-0.3, -0.25) is 9.59 Å². The third kappa shape index (κ3) is 4.51. The largest absolute Gasteiger partial charge is 0.388 e. The summed E-state index contributed by atoms with van der Waals surface area (Å²) < 4.78 is 0. The summed E-state index contributed by atoms with van der Waals surface area (Å²) in [6.07, 6.45) is 2.44. The van der Waals surface area contributed by atoms with Gasteiger partial charge >= 0.3 is 0 Å². The number of anilines is 1. The standard InChI is InChI=1S/C24H30N2O3/c1-4-5-7-12-21(27)25-22-19-15-16(2)13-14-20(19)26(17(3)23(22)28)24(29)18-10-8-6-9-11-18/h6,8-11,13-15,17,22-23,28H,4-5,7,12H2,1-3H3,(H,25,27)/t17-,22-,23-/m0/s1. The first kappa shape index (κ1) is 21.1. The summed E-state index contributed by atoms with van der Waals surface area (Å²) in [4.78, 5) is 27.3. The van der Waals surface area contributed by atoms with Gasteiger partial charge in [0.05, 0.1) is 18.2 Å². The minimum atomic E-state index is -0.896. The molecule has 0 spiro atoms. The second-order valence-electron chi connectivity index (χ2n) is 7.84. The van der Waals surface area contributed by atoms with Crippen molar-refractivity contribution in [1.29, 1.82) is 0 Å². The highest BCUT2D eigenvalue weighted by Gasteiger charge is 2.41. The smallest absolute Gasteiger partial charge is 0.258 e. The number of aryl methyl sites for hydroxylation is 1. The van der Waals surface area contributed by atoms with Crippen LogP contribution in [0, 0.1) is 6.92 Å². The molecule has 5 nitrogen and oxygen atoms in total. The molecule has 0 unspecified atom stereocenters. The summed E-state index contributed by atoms with van der Waals surface area (Å²) in [5.74, 6) is -0.222. The second-order valence-corrected chi connectivity index (χ2v) is 7.84. The second kappa shape index (κ2) is 9.23. The number of fused-ring (bicyclic) bond motifs is 1. The van der Waals surface area contributed by atoms with E-state index in [1.807, 2.05) is 50.2 Å². The van der Waals surface area contributed by atoms with Crippen LogP contribution < -0.4 is 10.2 Å². The molecule has 2 aromatic carbocycles. The lowest BCUT2D eigenvalue weighted by Crippen LogP contribution is -2.55. The SMILES string of the molecule is CCCCCC(=O)N[C@H]1c2cc(C)ccc2N(C(=O)c2ccccc2)[C@@H](C)[C@@H]1O. The van der Waals surface area contributed by atoms with Crippen molar-refractivity contribution in [3.63, 3.8) is 0 Å². The number of nitrogens with zero attached hydrogens (tertiary/aromatic N) is 1. The van der Waals surface area contributed by atoms with Gasteiger partial charge in [-0.05, 0) is 38.5 Å². The van der Waals surface area contributed by atoms with E-state index < -0.39 is 18.2 Å². The number of amides is 2. The fraction of sp³-hybridized carbons (Fsp3) is 0.417. The number of benzene rings is 2. The molecule has 2 aromatic rings. The van der Waals surface area contributed by atoms with Crippen LogP contribution in [0.4, 0.5) is 5.69 Å². The fourth-order valence-corrected chi connectivity index (χ4v) is 3.94. The van der Waals surface area contributed by atoms with Crippen LogP contribution in [0.25, 0.3) is 0 Å². The van der Waals surface area contributed by atoms with Gasteiger partial charge in [0, 0.05) is 23.2 Å². The van der Waals surface area contributed by atoms with Gasteiger partial charge in [0.2, 0.25) is 5.91 Å². The highest BCUT2D eigenvalue weighted by Crippen LogP contribution is 2.39. The zero-order valence-electron chi connectivity index (χ0n) is 17.4. The minimum absolute atomic E-state index is 0.0648. The molecular weight excluding hydrogens is 364 g/mol. The van der Waals surface area contributed by atoms with Gasteiger partial charge in [-0.1, -0.05) is 55.7 Å². The molecule has 1 heterocycles. The third-order valence-electron chi connectivity index (χ3n) is 5.58. The quantitative estimate of drug-likeness (QED) is 0.724. The van der Waals surface area contributed by atoms with Gasteiger partial charge in [0.1, 0.15) is 0 Å². The molecule has 0 bridgehead atoms. The lowest BCUT2D eigenvalue weighted by Gasteiger charge is -2.43. The van der Waals surface area contributed by atoms with E-state index in [1.165, 1.54) is 0 Å². The maximum Gasteiger partial charge on any atom is 0.258 e. The number of rotatable bonds is 6. The molecular formula is C24H30N2O3. The fourth-order valence-electron chi connectivity index (χ4n) is 3.94. The summed E-state index contributed by atoms with van der Waals surface area (Å²) in [6.45, 7) is 5.89. The van der Waals surface area contributed by atoms with Crippen molar-refractivity contribution >= 4 is 17.5 Å². The van der Waals surface area contributed by atoms with Crippen molar-refractivity contribution in [2.45, 2.75) is 64.6 Å². The lowest BCUT2D eigenvalue weighted by molar-refractivity contribution is -0.123. The number of carbonyl (C=O) groups excluding carboxylic acids is 2. The van der Waals surface area contributed by atoms with Crippen LogP contribution >= 0.6 is 0 Å². The van der Waals surface area contributed by atoms with Crippen molar-refractivity contribution in [3.05, 3.63) is 65.2 Å². The molecule has 0 aliphatic carbocycles. The monoisotopic (exact) mass is 394 g/mol. The van der Waals surface area contributed by atoms with Crippen LogP contribution in [0.15, 0.2) is 48.5 Å². The number of hydrogen-bond donors (Lipinski definition) is 2. The van der Waals surface area contributed by atoms with Gasteiger partial charge in [-0.2, -0.15) is 0 Å². The third-order valence-corrected chi connectivity index (χ3v) is 5.58. The van der Waals surface area contributed by atoms with Crippen LogP contribution in [0.2, 0.25) is 0 Å². The molecule has 5 heteroatoms. The Hall–Kier alpha value is -2.66. The summed E-state index contributed by atoms with van der Waals surface area (Å²) in [6, 6.07) is 13.9. The van der Waals surface area contributed by atoms with Crippen LogP contribution in [0.3, 0.4) is 0 Å². The number of unbranched alkanes of at least 4 members (excludes halogenated alkanes) is 2. The number of aliphatic hydroxyl groups is 1. The Kier molecular flexibility index (Phi) is 6.70. The first-order valence-electron chi connectivity index (χ1n) is 10.4. The Labute approximate surface area is 172 Å². The van der Waals surface area contributed by atoms with E-state index in [1.54, 1.807) is 17.0 Å². The van der Waals surface area contributed by atoms with Crippen molar-refractivity contribution < 1.29 is 14.7 Å². The summed E-state index contributed by atoms with van der Waals surface area (Å²) in [5, 5.41) is 14.1. The number of hydrogen-bond acceptors (Lipinski definition) is 3. The van der Waals surface area contributed by atoms with E-state index >= 15 is 0 Å². The normalized spacial score (nSPS) is 20.8. The molecule has 2 N–H and O–H groups in total. The molecule has 1 aliphatic heterocycles. The highest BCUT2D eigenvalue weighted by molar-refractivity contribution is 6.07. The minimum Gasteiger partial charge on any atom is -0.388 e. The van der Waals surface area contributed by atoms with E-state index in [0.29, 0.717) is 12.0 Å². The Morgan fingerprint density at radius 1 is 1.10 bits per heavy atom. The topological polar surface area (TPSA) is 69.6 Å². The zero-order valence-corrected chi connectivity index (χ0v) is 17.4. The zero-order chi connectivity index (χ0) is 21.0. The Bertz CT molecular complexity index is 866. The highest BCUT2D eigenvalue weighted by atomic mass is 16.3. The molecule has 0 saturated carbocycles. The molecule has 3 rings (SSSR count). The number of aliphatic hydroxyl groups excluding tert-OH is 1. The molecule has 0 fully saturated rings. The summed E-state index contributed by atoms with van der Waals surface area (Å²) in [7, 11) is 0. The maximum atomic E-state index is 13.2. The van der Waals surface area contributed by atoms with Crippen LogP contribution in [0.1, 0.15) is 67.1 Å². The molecule has 1 aliphatic rings. The van der Waals surface area contributed by atoms with E-state index in [-0.39, 0.29) is 11.8 Å². The van der Waals surface area contributed by atoms with E-state index in [2.05, 4.69) is 12.2 Å². The molecule has 3 atom stereocenters. The predicted molar refractivity (Wildman–Crippen MR) is 115 cm³/mol. The number of nitrogens with one attached hydrogen (secondary N) is 1. The Balaban J connectivity index is 1.94.